The molecule has 1 aliphatic rings. The topological polar surface area (TPSA) is 63.1 Å². The molecule has 1 aromatic carbocycles. The minimum atomic E-state index is -4.61. The third-order valence-electron chi connectivity index (χ3n) is 3.59. The van der Waals surface area contributed by atoms with E-state index in [0.717, 1.165) is 6.07 Å². The molecule has 1 atom stereocenters. The summed E-state index contributed by atoms with van der Waals surface area (Å²) < 4.78 is 41.3. The van der Waals surface area contributed by atoms with Gasteiger partial charge in [-0.3, -0.25) is 9.59 Å². The molecule has 0 fully saturated rings. The molecule has 120 valence electrons. The SMILES string of the molecule is CC1Nc2cc(-n3ccc(C=O)c3)c(C(F)(F)F)cc2NC1=O. The number of amides is 1. The number of hydrogen-bond donors (Lipinski definition) is 2. The number of rotatable bonds is 2. The molecule has 23 heavy (non-hydrogen) atoms. The zero-order valence-corrected chi connectivity index (χ0v) is 11.9. The first kappa shape index (κ1) is 15.1. The summed E-state index contributed by atoms with van der Waals surface area (Å²) in [6.07, 6.45) is -1.35. The highest BCUT2D eigenvalue weighted by atomic mass is 19.4. The van der Waals surface area contributed by atoms with Gasteiger partial charge in [-0.1, -0.05) is 0 Å². The average molecular weight is 323 g/mol. The third kappa shape index (κ3) is 2.67. The molecule has 5 nitrogen and oxygen atoms in total. The monoisotopic (exact) mass is 323 g/mol. The van der Waals surface area contributed by atoms with E-state index in [4.69, 9.17) is 0 Å². The summed E-state index contributed by atoms with van der Waals surface area (Å²) in [6, 6.07) is 3.07. The van der Waals surface area contributed by atoms with Gasteiger partial charge in [0, 0.05) is 18.0 Å². The molecule has 0 saturated heterocycles. The molecule has 0 spiro atoms. The fourth-order valence-electron chi connectivity index (χ4n) is 2.42. The van der Waals surface area contributed by atoms with E-state index < -0.39 is 23.7 Å². The summed E-state index contributed by atoms with van der Waals surface area (Å²) in [4.78, 5) is 22.4. The van der Waals surface area contributed by atoms with Gasteiger partial charge < -0.3 is 15.2 Å². The Morgan fingerprint density at radius 1 is 1.26 bits per heavy atom. The van der Waals surface area contributed by atoms with Gasteiger partial charge in [0.15, 0.2) is 6.29 Å². The lowest BCUT2D eigenvalue weighted by molar-refractivity contribution is -0.137. The van der Waals surface area contributed by atoms with Crippen LogP contribution in [0.1, 0.15) is 22.8 Å². The number of anilines is 2. The third-order valence-corrected chi connectivity index (χ3v) is 3.59. The molecule has 0 bridgehead atoms. The van der Waals surface area contributed by atoms with E-state index in [9.17, 15) is 22.8 Å². The predicted octanol–water partition coefficient (Wildman–Crippen LogP) is 3.06. The number of nitrogens with one attached hydrogen (secondary N) is 2. The normalized spacial score (nSPS) is 17.2. The van der Waals surface area contributed by atoms with E-state index in [0.29, 0.717) is 12.0 Å². The van der Waals surface area contributed by atoms with Crippen LogP contribution in [0.3, 0.4) is 0 Å². The minimum Gasteiger partial charge on any atom is -0.372 e. The number of nitrogens with zero attached hydrogens (tertiary/aromatic N) is 1. The van der Waals surface area contributed by atoms with Crippen molar-refractivity contribution in [1.29, 1.82) is 0 Å². The van der Waals surface area contributed by atoms with E-state index in [1.807, 2.05) is 0 Å². The molecule has 2 N–H and O–H groups in total. The second kappa shape index (κ2) is 5.15. The minimum absolute atomic E-state index is 0.0759. The van der Waals surface area contributed by atoms with Crippen LogP contribution in [0.4, 0.5) is 24.5 Å². The lowest BCUT2D eigenvalue weighted by Crippen LogP contribution is -2.36. The van der Waals surface area contributed by atoms with Crippen molar-refractivity contribution >= 4 is 23.6 Å². The summed E-state index contributed by atoms with van der Waals surface area (Å²) in [7, 11) is 0. The van der Waals surface area contributed by atoms with Crippen molar-refractivity contribution in [2.45, 2.75) is 19.1 Å². The van der Waals surface area contributed by atoms with Gasteiger partial charge in [-0.25, -0.2) is 0 Å². The highest BCUT2D eigenvalue weighted by molar-refractivity contribution is 6.03. The van der Waals surface area contributed by atoms with E-state index in [1.165, 1.54) is 29.1 Å². The van der Waals surface area contributed by atoms with E-state index >= 15 is 0 Å². The van der Waals surface area contributed by atoms with Crippen LogP contribution in [-0.2, 0) is 11.0 Å². The van der Waals surface area contributed by atoms with Gasteiger partial charge in [-0.2, -0.15) is 13.2 Å². The smallest absolute Gasteiger partial charge is 0.372 e. The maximum atomic E-state index is 13.4. The Kier molecular flexibility index (Phi) is 3.39. The first-order valence-electron chi connectivity index (χ1n) is 6.76. The van der Waals surface area contributed by atoms with Crippen LogP contribution in [0, 0.1) is 0 Å². The van der Waals surface area contributed by atoms with E-state index in [2.05, 4.69) is 10.6 Å². The number of carbonyl (C=O) groups excluding carboxylic acids is 2. The van der Waals surface area contributed by atoms with Gasteiger partial charge in [0.2, 0.25) is 5.91 Å². The largest absolute Gasteiger partial charge is 0.418 e. The zero-order chi connectivity index (χ0) is 16.8. The van der Waals surface area contributed by atoms with E-state index in [-0.39, 0.29) is 16.9 Å². The van der Waals surface area contributed by atoms with Gasteiger partial charge in [0.25, 0.3) is 0 Å². The van der Waals surface area contributed by atoms with E-state index in [1.54, 1.807) is 6.92 Å². The van der Waals surface area contributed by atoms with Crippen molar-refractivity contribution in [1.82, 2.24) is 4.57 Å². The maximum absolute atomic E-state index is 13.4. The molecular formula is C15H12F3N3O2. The van der Waals surface area contributed by atoms with Gasteiger partial charge in [0.05, 0.1) is 22.6 Å². The number of hydrogen-bond acceptors (Lipinski definition) is 3. The van der Waals surface area contributed by atoms with Gasteiger partial charge >= 0.3 is 6.18 Å². The van der Waals surface area contributed by atoms with Crippen LogP contribution in [0.5, 0.6) is 0 Å². The Labute approximate surface area is 129 Å². The standard InChI is InChI=1S/C15H12F3N3O2/c1-8-14(23)20-11-4-10(15(16,17)18)13(5-12(11)19-8)21-3-2-9(6-21)7-22/h2-8,19H,1H3,(H,20,23). The fraction of sp³-hybridized carbons (Fsp3) is 0.200. The van der Waals surface area contributed by atoms with Crippen molar-refractivity contribution in [3.63, 3.8) is 0 Å². The predicted molar refractivity (Wildman–Crippen MR) is 77.9 cm³/mol. The highest BCUT2D eigenvalue weighted by Gasteiger charge is 2.36. The summed E-state index contributed by atoms with van der Waals surface area (Å²) in [6.45, 7) is 1.61. The molecule has 1 aromatic heterocycles. The summed E-state index contributed by atoms with van der Waals surface area (Å²) in [5, 5.41) is 5.31. The summed E-state index contributed by atoms with van der Waals surface area (Å²) in [5.74, 6) is -0.400. The number of aldehydes is 1. The van der Waals surface area contributed by atoms with Crippen molar-refractivity contribution in [3.05, 3.63) is 41.7 Å². The molecule has 0 saturated carbocycles. The van der Waals surface area contributed by atoms with Crippen LogP contribution in [-0.4, -0.2) is 22.8 Å². The van der Waals surface area contributed by atoms with Crippen molar-refractivity contribution in [3.8, 4) is 5.69 Å². The number of benzene rings is 1. The van der Waals surface area contributed by atoms with Gasteiger partial charge in [-0.15, -0.1) is 0 Å². The molecule has 1 aliphatic heterocycles. The maximum Gasteiger partial charge on any atom is 0.418 e. The number of carbonyl (C=O) groups is 2. The Bertz CT molecular complexity index is 796. The Morgan fingerprint density at radius 3 is 2.61 bits per heavy atom. The lowest BCUT2D eigenvalue weighted by atomic mass is 10.1. The second-order valence-electron chi connectivity index (χ2n) is 5.24. The molecule has 3 rings (SSSR count). The molecule has 2 aromatic rings. The summed E-state index contributed by atoms with van der Waals surface area (Å²) in [5.41, 5.74) is -0.292. The fourth-order valence-corrected chi connectivity index (χ4v) is 2.42. The Balaban J connectivity index is 2.19. The Hall–Kier alpha value is -2.77. The first-order chi connectivity index (χ1) is 10.8. The van der Waals surface area contributed by atoms with Gasteiger partial charge in [-0.05, 0) is 25.1 Å². The quantitative estimate of drug-likeness (QED) is 0.835. The van der Waals surface area contributed by atoms with Crippen LogP contribution in [0.2, 0.25) is 0 Å². The number of alkyl halides is 3. The number of fused-ring (bicyclic) bond motifs is 1. The first-order valence-corrected chi connectivity index (χ1v) is 6.76. The summed E-state index contributed by atoms with van der Waals surface area (Å²) >= 11 is 0. The van der Waals surface area contributed by atoms with Crippen molar-refractivity contribution in [2.24, 2.45) is 0 Å². The molecular weight excluding hydrogens is 311 g/mol. The second-order valence-corrected chi connectivity index (χ2v) is 5.24. The average Bonchev–Trinajstić information content (AvgIpc) is 2.95. The molecule has 8 heteroatoms. The molecule has 0 radical (unpaired) electrons. The molecule has 1 amide bonds. The number of halogens is 3. The van der Waals surface area contributed by atoms with Gasteiger partial charge in [0.1, 0.15) is 6.04 Å². The molecule has 1 unspecified atom stereocenters. The van der Waals surface area contributed by atoms with Crippen LogP contribution < -0.4 is 10.6 Å². The highest BCUT2D eigenvalue weighted by Crippen LogP contribution is 2.40. The lowest BCUT2D eigenvalue weighted by Gasteiger charge is -2.26. The molecule has 2 heterocycles. The zero-order valence-electron chi connectivity index (χ0n) is 11.9. The molecule has 0 aliphatic carbocycles. The van der Waals surface area contributed by atoms with Crippen LogP contribution in [0.25, 0.3) is 5.69 Å². The number of aromatic nitrogens is 1. The Morgan fingerprint density at radius 2 is 2.00 bits per heavy atom. The van der Waals surface area contributed by atoms with Crippen molar-refractivity contribution in [2.75, 3.05) is 10.6 Å². The van der Waals surface area contributed by atoms with Crippen molar-refractivity contribution < 1.29 is 22.8 Å². The van der Waals surface area contributed by atoms with Crippen LogP contribution >= 0.6 is 0 Å². The van der Waals surface area contributed by atoms with Crippen LogP contribution in [0.15, 0.2) is 30.6 Å².